The van der Waals surface area contributed by atoms with Crippen LogP contribution in [-0.2, 0) is 0 Å². The zero-order valence-electron chi connectivity index (χ0n) is 10.5. The average Bonchev–Trinajstić information content (AvgIpc) is 2.92. The molecule has 1 aromatic carbocycles. The third kappa shape index (κ3) is 2.22. The number of hydrogen-bond donors (Lipinski definition) is 1. The van der Waals surface area contributed by atoms with Gasteiger partial charge in [-0.05, 0) is 26.0 Å². The van der Waals surface area contributed by atoms with Gasteiger partial charge in [-0.25, -0.2) is 4.52 Å². The molecule has 3 rings (SSSR count). The minimum Gasteiger partial charge on any atom is -0.289 e. The van der Waals surface area contributed by atoms with Crippen molar-refractivity contribution >= 4 is 28.2 Å². The van der Waals surface area contributed by atoms with Gasteiger partial charge in [-0.15, -0.1) is 16.4 Å². The van der Waals surface area contributed by atoms with E-state index in [-0.39, 0.29) is 5.91 Å². The van der Waals surface area contributed by atoms with E-state index in [0.29, 0.717) is 11.5 Å². The molecule has 5 nitrogen and oxygen atoms in total. The van der Waals surface area contributed by atoms with Crippen LogP contribution in [0.3, 0.4) is 0 Å². The third-order valence-corrected chi connectivity index (χ3v) is 3.69. The van der Waals surface area contributed by atoms with E-state index < -0.39 is 0 Å². The number of nitrogens with one attached hydrogen (secondary N) is 1. The second kappa shape index (κ2) is 4.47. The van der Waals surface area contributed by atoms with Crippen molar-refractivity contribution in [1.82, 2.24) is 14.6 Å². The average molecular weight is 272 g/mol. The summed E-state index contributed by atoms with van der Waals surface area (Å²) in [6.45, 7) is 3.90. The van der Waals surface area contributed by atoms with Gasteiger partial charge in [0.1, 0.15) is 0 Å². The number of amides is 1. The summed E-state index contributed by atoms with van der Waals surface area (Å²) in [5.74, 6) is 0.140. The van der Waals surface area contributed by atoms with Crippen molar-refractivity contribution in [2.24, 2.45) is 0 Å². The van der Waals surface area contributed by atoms with Gasteiger partial charge in [-0.2, -0.15) is 4.98 Å². The van der Waals surface area contributed by atoms with Gasteiger partial charge in [-0.3, -0.25) is 10.1 Å². The number of nitrogens with zero attached hydrogens (tertiary/aromatic N) is 3. The summed E-state index contributed by atoms with van der Waals surface area (Å²) < 4.78 is 1.72. The first kappa shape index (κ1) is 11.9. The fourth-order valence-electron chi connectivity index (χ4n) is 1.80. The molecule has 6 heteroatoms. The molecule has 2 aromatic heterocycles. The molecule has 3 aromatic rings. The van der Waals surface area contributed by atoms with Crippen molar-refractivity contribution < 1.29 is 4.79 Å². The quantitative estimate of drug-likeness (QED) is 0.780. The highest BCUT2D eigenvalue weighted by Crippen LogP contribution is 2.16. The van der Waals surface area contributed by atoms with Crippen LogP contribution in [0.2, 0.25) is 0 Å². The molecule has 19 heavy (non-hydrogen) atoms. The van der Waals surface area contributed by atoms with Crippen LogP contribution in [0.15, 0.2) is 29.6 Å². The molecule has 0 bridgehead atoms. The van der Waals surface area contributed by atoms with Crippen molar-refractivity contribution in [3.63, 3.8) is 0 Å². The number of hydrogen-bond acceptors (Lipinski definition) is 4. The van der Waals surface area contributed by atoms with Crippen LogP contribution in [-0.4, -0.2) is 20.5 Å². The molecule has 0 saturated carbocycles. The van der Waals surface area contributed by atoms with E-state index in [1.54, 1.807) is 10.6 Å². The normalized spacial score (nSPS) is 10.8. The Morgan fingerprint density at radius 2 is 2.21 bits per heavy atom. The number of fused-ring (bicyclic) bond motifs is 1. The molecule has 0 aliphatic carbocycles. The van der Waals surface area contributed by atoms with Crippen molar-refractivity contribution in [2.75, 3.05) is 5.32 Å². The summed E-state index contributed by atoms with van der Waals surface area (Å²) in [6.07, 6.45) is 0. The molecule has 1 amide bonds. The number of rotatable bonds is 2. The lowest BCUT2D eigenvalue weighted by Gasteiger charge is -2.01. The predicted octanol–water partition coefficient (Wildman–Crippen LogP) is 2.66. The Morgan fingerprint density at radius 1 is 1.37 bits per heavy atom. The predicted molar refractivity (Wildman–Crippen MR) is 74.7 cm³/mol. The van der Waals surface area contributed by atoms with Gasteiger partial charge in [-0.1, -0.05) is 17.7 Å². The smallest absolute Gasteiger partial charge is 0.258 e. The number of anilines is 1. The number of carbonyl (C=O) groups excluding carboxylic acids is 1. The topological polar surface area (TPSA) is 59.3 Å². The van der Waals surface area contributed by atoms with Crippen LogP contribution in [0.1, 0.15) is 21.6 Å². The number of thiazole rings is 1. The van der Waals surface area contributed by atoms with E-state index in [1.165, 1.54) is 11.3 Å². The highest BCUT2D eigenvalue weighted by Gasteiger charge is 2.11. The largest absolute Gasteiger partial charge is 0.289 e. The van der Waals surface area contributed by atoms with Crippen LogP contribution >= 0.6 is 11.3 Å². The molecule has 0 atom stereocenters. The van der Waals surface area contributed by atoms with Crippen LogP contribution in [0.25, 0.3) is 4.96 Å². The van der Waals surface area contributed by atoms with E-state index in [9.17, 15) is 4.79 Å². The molecule has 0 aliphatic rings. The second-order valence-electron chi connectivity index (χ2n) is 4.33. The molecular formula is C13H12N4OS. The molecular weight excluding hydrogens is 260 g/mol. The zero-order chi connectivity index (χ0) is 13.4. The van der Waals surface area contributed by atoms with Crippen molar-refractivity contribution in [3.05, 3.63) is 46.5 Å². The Labute approximate surface area is 113 Å². The zero-order valence-corrected chi connectivity index (χ0v) is 11.4. The maximum atomic E-state index is 12.1. The lowest BCUT2D eigenvalue weighted by atomic mass is 10.1. The summed E-state index contributed by atoms with van der Waals surface area (Å²) in [5.41, 5.74) is 2.65. The summed E-state index contributed by atoms with van der Waals surface area (Å²) in [4.78, 5) is 17.1. The van der Waals surface area contributed by atoms with Gasteiger partial charge in [0.25, 0.3) is 11.9 Å². The molecule has 0 unspecified atom stereocenters. The monoisotopic (exact) mass is 272 g/mol. The van der Waals surface area contributed by atoms with E-state index in [2.05, 4.69) is 15.4 Å². The van der Waals surface area contributed by atoms with Gasteiger partial charge in [0, 0.05) is 10.9 Å². The maximum absolute atomic E-state index is 12.1. The molecule has 96 valence electrons. The maximum Gasteiger partial charge on any atom is 0.258 e. The van der Waals surface area contributed by atoms with Crippen LogP contribution in [0, 0.1) is 13.8 Å². The summed E-state index contributed by atoms with van der Waals surface area (Å²) in [5, 5.41) is 8.93. The highest BCUT2D eigenvalue weighted by atomic mass is 32.1. The van der Waals surface area contributed by atoms with Crippen molar-refractivity contribution in [2.45, 2.75) is 13.8 Å². The third-order valence-electron chi connectivity index (χ3n) is 2.75. The Hall–Kier alpha value is -2.21. The minimum atomic E-state index is -0.195. The first-order valence-corrected chi connectivity index (χ1v) is 6.70. The number of aromatic nitrogens is 3. The summed E-state index contributed by atoms with van der Waals surface area (Å²) in [6, 6.07) is 7.41. The van der Waals surface area contributed by atoms with Crippen LogP contribution < -0.4 is 5.32 Å². The molecule has 0 aliphatic heterocycles. The highest BCUT2D eigenvalue weighted by molar-refractivity contribution is 7.15. The van der Waals surface area contributed by atoms with Crippen molar-refractivity contribution in [3.8, 4) is 0 Å². The van der Waals surface area contributed by atoms with Gasteiger partial charge in [0.2, 0.25) is 4.96 Å². The first-order valence-electron chi connectivity index (χ1n) is 5.82. The lowest BCUT2D eigenvalue weighted by Crippen LogP contribution is -2.13. The van der Waals surface area contributed by atoms with Gasteiger partial charge in [0.15, 0.2) is 0 Å². The van der Waals surface area contributed by atoms with Crippen LogP contribution in [0.4, 0.5) is 5.95 Å². The van der Waals surface area contributed by atoms with E-state index in [1.807, 2.05) is 37.4 Å². The van der Waals surface area contributed by atoms with Crippen LogP contribution in [0.5, 0.6) is 0 Å². The molecule has 1 N–H and O–H groups in total. The standard InChI is InChI=1S/C13H12N4OS/c1-8-4-3-5-10(6-8)11(18)14-12-15-13-17(16-12)9(2)7-19-13/h3-7H,1-2H3,(H,14,16,18). The molecule has 0 saturated heterocycles. The SMILES string of the molecule is Cc1cccc(C(=O)Nc2nc3scc(C)n3n2)c1. The molecule has 0 spiro atoms. The van der Waals surface area contributed by atoms with E-state index in [4.69, 9.17) is 0 Å². The lowest BCUT2D eigenvalue weighted by molar-refractivity contribution is 0.102. The van der Waals surface area contributed by atoms with Gasteiger partial charge in [0.05, 0.1) is 5.69 Å². The minimum absolute atomic E-state index is 0.195. The Morgan fingerprint density at radius 3 is 2.95 bits per heavy atom. The fourth-order valence-corrected chi connectivity index (χ4v) is 2.60. The first-order chi connectivity index (χ1) is 9.13. The Kier molecular flexibility index (Phi) is 2.79. The van der Waals surface area contributed by atoms with Gasteiger partial charge >= 0.3 is 0 Å². The fraction of sp³-hybridized carbons (Fsp3) is 0.154. The van der Waals surface area contributed by atoms with E-state index in [0.717, 1.165) is 16.2 Å². The molecule has 2 heterocycles. The Balaban J connectivity index is 1.86. The van der Waals surface area contributed by atoms with Crippen molar-refractivity contribution in [1.29, 1.82) is 0 Å². The number of aryl methyl sites for hydroxylation is 2. The summed E-state index contributed by atoms with van der Waals surface area (Å²) >= 11 is 1.50. The number of benzene rings is 1. The van der Waals surface area contributed by atoms with Gasteiger partial charge < -0.3 is 0 Å². The Bertz CT molecular complexity index is 759. The summed E-state index contributed by atoms with van der Waals surface area (Å²) in [7, 11) is 0. The molecule has 0 fully saturated rings. The van der Waals surface area contributed by atoms with E-state index >= 15 is 0 Å². The second-order valence-corrected chi connectivity index (χ2v) is 5.17. The molecule has 0 radical (unpaired) electrons. The number of carbonyl (C=O) groups is 1.